The van der Waals surface area contributed by atoms with E-state index in [4.69, 9.17) is 9.47 Å². The second-order valence-corrected chi connectivity index (χ2v) is 8.47. The number of piperidine rings is 1. The highest BCUT2D eigenvalue weighted by Crippen LogP contribution is 2.54. The van der Waals surface area contributed by atoms with Crippen LogP contribution in [0.3, 0.4) is 0 Å². The molecule has 3 nitrogen and oxygen atoms in total. The second-order valence-electron chi connectivity index (χ2n) is 7.62. The van der Waals surface area contributed by atoms with Crippen LogP contribution in [0.15, 0.2) is 46.9 Å². The molecule has 4 rings (SSSR count). The van der Waals surface area contributed by atoms with Gasteiger partial charge in [-0.25, -0.2) is 0 Å². The maximum absolute atomic E-state index is 6.06. The molecule has 26 heavy (non-hydrogen) atoms. The molecular formula is C22H26BrNO2. The Kier molecular flexibility index (Phi) is 5.09. The third-order valence-corrected chi connectivity index (χ3v) is 6.88. The molecule has 1 aliphatic carbocycles. The molecule has 138 valence electrons. The van der Waals surface area contributed by atoms with E-state index in [1.165, 1.54) is 21.2 Å². The van der Waals surface area contributed by atoms with Crippen LogP contribution in [-0.4, -0.2) is 26.8 Å². The fourth-order valence-corrected chi connectivity index (χ4v) is 5.39. The van der Waals surface area contributed by atoms with E-state index in [-0.39, 0.29) is 11.5 Å². The number of hydrogen-bond donors (Lipinski definition) is 1. The van der Waals surface area contributed by atoms with Crippen molar-refractivity contribution in [2.45, 2.75) is 37.8 Å². The summed E-state index contributed by atoms with van der Waals surface area (Å²) in [7, 11) is 3.58. The molecule has 0 aromatic heterocycles. The first-order chi connectivity index (χ1) is 12.6. The van der Waals surface area contributed by atoms with E-state index in [1.54, 1.807) is 7.11 Å². The number of rotatable bonds is 4. The molecule has 1 N–H and O–H groups in total. The summed E-state index contributed by atoms with van der Waals surface area (Å²) in [4.78, 5) is 0. The van der Waals surface area contributed by atoms with Crippen molar-refractivity contribution in [2.75, 3.05) is 20.8 Å². The lowest BCUT2D eigenvalue weighted by Gasteiger charge is -2.42. The molecule has 0 bridgehead atoms. The van der Waals surface area contributed by atoms with Crippen LogP contribution in [0.2, 0.25) is 0 Å². The molecular weight excluding hydrogens is 390 g/mol. The Morgan fingerprint density at radius 1 is 1.19 bits per heavy atom. The van der Waals surface area contributed by atoms with Crippen LogP contribution >= 0.6 is 15.9 Å². The summed E-state index contributed by atoms with van der Waals surface area (Å²) in [6, 6.07) is 15.5. The predicted molar refractivity (Wildman–Crippen MR) is 108 cm³/mol. The van der Waals surface area contributed by atoms with Crippen molar-refractivity contribution >= 4 is 15.9 Å². The van der Waals surface area contributed by atoms with Gasteiger partial charge in [0.25, 0.3) is 0 Å². The second kappa shape index (κ2) is 7.34. The molecule has 4 heteroatoms. The van der Waals surface area contributed by atoms with E-state index in [0.29, 0.717) is 6.04 Å². The largest absolute Gasteiger partial charge is 0.497 e. The lowest BCUT2D eigenvalue weighted by molar-refractivity contribution is -0.0290. The Labute approximate surface area is 164 Å². The van der Waals surface area contributed by atoms with Gasteiger partial charge in [-0.2, -0.15) is 0 Å². The Bertz CT molecular complexity index is 793. The van der Waals surface area contributed by atoms with E-state index in [0.717, 1.165) is 38.0 Å². The molecule has 1 saturated heterocycles. The molecule has 1 unspecified atom stereocenters. The van der Waals surface area contributed by atoms with E-state index >= 15 is 0 Å². The van der Waals surface area contributed by atoms with Gasteiger partial charge in [0.1, 0.15) is 5.75 Å². The first kappa shape index (κ1) is 18.0. The fraction of sp³-hybridized carbons (Fsp3) is 0.455. The summed E-state index contributed by atoms with van der Waals surface area (Å²) in [5, 5.41) is 3.74. The van der Waals surface area contributed by atoms with Crippen molar-refractivity contribution in [3.8, 4) is 5.75 Å². The zero-order valence-corrected chi connectivity index (χ0v) is 17.0. The number of nitrogens with one attached hydrogen (secondary N) is 1. The van der Waals surface area contributed by atoms with Crippen molar-refractivity contribution in [1.82, 2.24) is 5.32 Å². The minimum absolute atomic E-state index is 0.149. The molecule has 0 saturated carbocycles. The lowest BCUT2D eigenvalue weighted by Crippen LogP contribution is -2.47. The van der Waals surface area contributed by atoms with E-state index in [1.807, 2.05) is 7.11 Å². The van der Waals surface area contributed by atoms with Gasteiger partial charge in [0, 0.05) is 23.0 Å². The van der Waals surface area contributed by atoms with Crippen molar-refractivity contribution in [3.63, 3.8) is 0 Å². The highest BCUT2D eigenvalue weighted by Gasteiger charge is 2.49. The number of hydrogen-bond acceptors (Lipinski definition) is 3. The predicted octanol–water partition coefficient (Wildman–Crippen LogP) is 4.68. The molecule has 2 aromatic rings. The van der Waals surface area contributed by atoms with Gasteiger partial charge in [-0.15, -0.1) is 0 Å². The summed E-state index contributed by atoms with van der Waals surface area (Å²) in [5.41, 5.74) is 4.28. The van der Waals surface area contributed by atoms with Gasteiger partial charge in [-0.3, -0.25) is 0 Å². The normalized spacial score (nSPS) is 27.5. The van der Waals surface area contributed by atoms with Crippen molar-refractivity contribution < 1.29 is 9.47 Å². The summed E-state index contributed by atoms with van der Waals surface area (Å²) in [6.07, 6.45) is 4.56. The number of halogens is 1. The minimum Gasteiger partial charge on any atom is -0.497 e. The van der Waals surface area contributed by atoms with Crippen molar-refractivity contribution in [2.24, 2.45) is 5.41 Å². The van der Waals surface area contributed by atoms with Gasteiger partial charge in [0.05, 0.1) is 13.2 Å². The Balaban J connectivity index is 1.59. The average molecular weight is 416 g/mol. The van der Waals surface area contributed by atoms with Crippen LogP contribution in [0.25, 0.3) is 0 Å². The van der Waals surface area contributed by atoms with Crippen molar-refractivity contribution in [1.29, 1.82) is 0 Å². The van der Waals surface area contributed by atoms with Crippen LogP contribution < -0.4 is 10.1 Å². The third kappa shape index (κ3) is 3.19. The fourth-order valence-electron chi connectivity index (χ4n) is 4.95. The van der Waals surface area contributed by atoms with Gasteiger partial charge >= 0.3 is 0 Å². The smallest absolute Gasteiger partial charge is 0.119 e. The van der Waals surface area contributed by atoms with E-state index < -0.39 is 0 Å². The van der Waals surface area contributed by atoms with Crippen LogP contribution in [0.1, 0.15) is 35.6 Å². The molecule has 1 aliphatic heterocycles. The molecule has 1 fully saturated rings. The van der Waals surface area contributed by atoms with Gasteiger partial charge in [0.15, 0.2) is 0 Å². The Morgan fingerprint density at radius 3 is 2.81 bits per heavy atom. The van der Waals surface area contributed by atoms with Crippen LogP contribution in [0, 0.1) is 5.41 Å². The zero-order valence-electron chi connectivity index (χ0n) is 15.4. The maximum atomic E-state index is 6.06. The number of ether oxygens (including phenoxy) is 2. The average Bonchev–Trinajstić information content (AvgIpc) is 2.94. The topological polar surface area (TPSA) is 30.5 Å². The zero-order chi connectivity index (χ0) is 18.1. The van der Waals surface area contributed by atoms with Gasteiger partial charge in [-0.05, 0) is 67.1 Å². The number of methoxy groups -OCH3 is 2. The highest BCUT2D eigenvalue weighted by atomic mass is 79.9. The molecule has 0 radical (unpaired) electrons. The molecule has 3 atom stereocenters. The van der Waals surface area contributed by atoms with E-state index in [9.17, 15) is 0 Å². The quantitative estimate of drug-likeness (QED) is 0.785. The number of fused-ring (bicyclic) bond motifs is 1. The molecule has 1 spiro atoms. The highest BCUT2D eigenvalue weighted by molar-refractivity contribution is 9.10. The summed E-state index contributed by atoms with van der Waals surface area (Å²) in [6.45, 7) is 1.04. The molecule has 1 heterocycles. The SMILES string of the molecule is COc1ccc2c(c1)[C@H](OC)C1(CCN[C@H](Cc3ccccc3Br)C1)C2. The summed E-state index contributed by atoms with van der Waals surface area (Å²) < 4.78 is 12.7. The van der Waals surface area contributed by atoms with Crippen LogP contribution in [0.5, 0.6) is 5.75 Å². The van der Waals surface area contributed by atoms with Gasteiger partial charge in [0.2, 0.25) is 0 Å². The molecule has 2 aliphatic rings. The van der Waals surface area contributed by atoms with Crippen molar-refractivity contribution in [3.05, 3.63) is 63.6 Å². The number of benzene rings is 2. The Morgan fingerprint density at radius 2 is 2.04 bits per heavy atom. The lowest BCUT2D eigenvalue weighted by atomic mass is 9.71. The first-order valence-corrected chi connectivity index (χ1v) is 10.1. The standard InChI is InChI=1S/C22H26BrNO2/c1-25-18-8-7-16-13-22(21(26-2)19(16)12-18)9-10-24-17(14-22)11-15-5-3-4-6-20(15)23/h3-8,12,17,21,24H,9-11,13-14H2,1-2H3/t17-,21+,22?/m1/s1. The maximum Gasteiger partial charge on any atom is 0.119 e. The first-order valence-electron chi connectivity index (χ1n) is 9.31. The molecule has 0 amide bonds. The molecule has 2 aromatic carbocycles. The van der Waals surface area contributed by atoms with Gasteiger partial charge in [-0.1, -0.05) is 40.2 Å². The van der Waals surface area contributed by atoms with Gasteiger partial charge < -0.3 is 14.8 Å². The minimum atomic E-state index is 0.149. The monoisotopic (exact) mass is 415 g/mol. The summed E-state index contributed by atoms with van der Waals surface area (Å²) in [5.74, 6) is 0.918. The van der Waals surface area contributed by atoms with E-state index in [2.05, 4.69) is 63.7 Å². The third-order valence-electron chi connectivity index (χ3n) is 6.10. The van der Waals surface area contributed by atoms with Crippen LogP contribution in [-0.2, 0) is 17.6 Å². The Hall–Kier alpha value is -1.36. The summed E-state index contributed by atoms with van der Waals surface area (Å²) >= 11 is 3.70. The van der Waals surface area contributed by atoms with Crippen LogP contribution in [0.4, 0.5) is 0 Å².